The van der Waals surface area contributed by atoms with Crippen molar-refractivity contribution in [3.05, 3.63) is 134 Å². The molecule has 1 amide bonds. The average Bonchev–Trinajstić information content (AvgIpc) is 3.30. The van der Waals surface area contributed by atoms with Gasteiger partial charge in [-0.2, -0.15) is 0 Å². The Morgan fingerprint density at radius 3 is 1.03 bits per heavy atom. The summed E-state index contributed by atoms with van der Waals surface area (Å²) in [5.41, 5.74) is 0. The molecule has 3 N–H and O–H groups in total. The van der Waals surface area contributed by atoms with E-state index in [2.05, 4.69) is 153 Å². The lowest BCUT2D eigenvalue weighted by molar-refractivity contribution is -0.123. The van der Waals surface area contributed by atoms with Gasteiger partial charge in [0.2, 0.25) is 5.91 Å². The number of allylic oxidation sites excluding steroid dienone is 22. The predicted octanol–water partition coefficient (Wildman–Crippen LogP) is 17.5. The van der Waals surface area contributed by atoms with Crippen LogP contribution in [0.15, 0.2) is 134 Å². The molecule has 0 saturated heterocycles. The summed E-state index contributed by atoms with van der Waals surface area (Å²) < 4.78 is 0. The fourth-order valence-electron chi connectivity index (χ4n) is 7.19. The Kier molecular flexibility index (Phi) is 50.9. The van der Waals surface area contributed by atoms with Gasteiger partial charge in [0, 0.05) is 6.42 Å². The van der Waals surface area contributed by atoms with E-state index in [4.69, 9.17) is 0 Å². The smallest absolute Gasteiger partial charge is 0.220 e. The van der Waals surface area contributed by atoms with Gasteiger partial charge in [0.05, 0.1) is 18.8 Å². The number of aliphatic hydroxyl groups is 2. The number of carbonyl (C=O) groups is 1. The molecule has 0 aromatic carbocycles. The van der Waals surface area contributed by atoms with Crippen LogP contribution in [-0.2, 0) is 4.79 Å². The maximum atomic E-state index is 12.4. The third-order valence-corrected chi connectivity index (χ3v) is 11.2. The van der Waals surface area contributed by atoms with Crippen LogP contribution >= 0.6 is 0 Å². The molecule has 64 heavy (non-hydrogen) atoms. The van der Waals surface area contributed by atoms with Crippen molar-refractivity contribution in [3.8, 4) is 0 Å². The van der Waals surface area contributed by atoms with Gasteiger partial charge in [0.1, 0.15) is 0 Å². The van der Waals surface area contributed by atoms with Crippen LogP contribution in [0.25, 0.3) is 0 Å². The first-order valence-electron chi connectivity index (χ1n) is 26.4. The second kappa shape index (κ2) is 53.9. The Morgan fingerprint density at radius 1 is 0.391 bits per heavy atom. The third-order valence-electron chi connectivity index (χ3n) is 11.2. The number of rotatable bonds is 46. The van der Waals surface area contributed by atoms with Crippen LogP contribution < -0.4 is 5.32 Å². The Labute approximate surface area is 396 Å². The fourth-order valence-corrected chi connectivity index (χ4v) is 7.19. The molecule has 0 aliphatic rings. The molecule has 0 rings (SSSR count). The SMILES string of the molecule is CC/C=C\C/C=C\C/C=C\C/C=C\C/C=C\C/C=C\C/C=C\C/C=C\C/C=C\C/C=C\C/C=C\CCCCCCCC(=O)NC(CO)C(O)CCCCCCCCCCCCCCC. The van der Waals surface area contributed by atoms with Gasteiger partial charge < -0.3 is 15.5 Å². The van der Waals surface area contributed by atoms with E-state index >= 15 is 0 Å². The second-order valence-electron chi connectivity index (χ2n) is 17.2. The van der Waals surface area contributed by atoms with E-state index in [1.54, 1.807) is 0 Å². The Morgan fingerprint density at radius 2 is 0.688 bits per heavy atom. The molecule has 0 aliphatic heterocycles. The van der Waals surface area contributed by atoms with Crippen molar-refractivity contribution in [3.63, 3.8) is 0 Å². The Bertz CT molecular complexity index is 1320. The largest absolute Gasteiger partial charge is 0.394 e. The van der Waals surface area contributed by atoms with Gasteiger partial charge in [-0.05, 0) is 96.3 Å². The summed E-state index contributed by atoms with van der Waals surface area (Å²) in [7, 11) is 0. The van der Waals surface area contributed by atoms with E-state index in [9.17, 15) is 15.0 Å². The number of amides is 1. The summed E-state index contributed by atoms with van der Waals surface area (Å²) >= 11 is 0. The van der Waals surface area contributed by atoms with E-state index < -0.39 is 12.1 Å². The van der Waals surface area contributed by atoms with Gasteiger partial charge >= 0.3 is 0 Å². The topological polar surface area (TPSA) is 69.6 Å². The van der Waals surface area contributed by atoms with Crippen molar-refractivity contribution in [2.75, 3.05) is 6.61 Å². The zero-order valence-electron chi connectivity index (χ0n) is 41.5. The summed E-state index contributed by atoms with van der Waals surface area (Å²) in [6.45, 7) is 4.22. The van der Waals surface area contributed by atoms with Crippen LogP contribution in [0.5, 0.6) is 0 Å². The van der Waals surface area contributed by atoms with E-state index in [0.29, 0.717) is 12.8 Å². The zero-order valence-corrected chi connectivity index (χ0v) is 41.5. The summed E-state index contributed by atoms with van der Waals surface area (Å²) in [6, 6.07) is -0.556. The first-order chi connectivity index (χ1) is 31.7. The van der Waals surface area contributed by atoms with Crippen LogP contribution in [0.3, 0.4) is 0 Å². The summed E-state index contributed by atoms with van der Waals surface area (Å²) in [5, 5.41) is 23.2. The molecule has 0 bridgehead atoms. The van der Waals surface area contributed by atoms with Crippen molar-refractivity contribution < 1.29 is 15.0 Å². The highest BCUT2D eigenvalue weighted by Crippen LogP contribution is 2.15. The molecule has 0 aromatic heterocycles. The number of carbonyl (C=O) groups excluding carboxylic acids is 1. The third kappa shape index (κ3) is 49.5. The first-order valence-corrected chi connectivity index (χ1v) is 26.4. The number of hydrogen-bond donors (Lipinski definition) is 3. The molecule has 0 heterocycles. The number of hydrogen-bond acceptors (Lipinski definition) is 3. The highest BCUT2D eigenvalue weighted by Gasteiger charge is 2.20. The van der Waals surface area contributed by atoms with E-state index in [-0.39, 0.29) is 12.5 Å². The van der Waals surface area contributed by atoms with E-state index in [1.165, 1.54) is 83.5 Å². The summed E-state index contributed by atoms with van der Waals surface area (Å²) in [5.74, 6) is -0.0564. The molecule has 0 radical (unpaired) electrons. The predicted molar refractivity (Wildman–Crippen MR) is 285 cm³/mol. The minimum Gasteiger partial charge on any atom is -0.394 e. The average molecular weight is 882 g/mol. The number of unbranched alkanes of at least 4 members (excludes halogenated alkanes) is 17. The van der Waals surface area contributed by atoms with Crippen molar-refractivity contribution in [1.29, 1.82) is 0 Å². The summed E-state index contributed by atoms with van der Waals surface area (Å²) in [4.78, 5) is 12.4. The molecule has 4 nitrogen and oxygen atoms in total. The zero-order chi connectivity index (χ0) is 46.3. The molecule has 0 aromatic rings. The van der Waals surface area contributed by atoms with Crippen LogP contribution in [0.2, 0.25) is 0 Å². The van der Waals surface area contributed by atoms with Crippen LogP contribution in [0.1, 0.15) is 219 Å². The Hall–Kier alpha value is -3.47. The minimum atomic E-state index is -0.676. The van der Waals surface area contributed by atoms with Gasteiger partial charge in [-0.3, -0.25) is 4.79 Å². The summed E-state index contributed by atoms with van der Waals surface area (Å²) in [6.07, 6.45) is 84.1. The van der Waals surface area contributed by atoms with Crippen molar-refractivity contribution in [2.45, 2.75) is 231 Å². The number of aliphatic hydroxyl groups excluding tert-OH is 2. The molecular formula is C60H99NO3. The number of nitrogens with one attached hydrogen (secondary N) is 1. The standard InChI is InChI=1S/C60H99NO3/c1-3-5-7-9-11-13-15-17-18-19-20-21-22-23-24-25-26-27-28-29-30-31-32-33-34-35-36-37-38-39-40-41-42-44-46-48-50-52-54-56-60(64)61-58(57-62)59(63)55-53-51-49-47-45-43-16-14-12-10-8-6-4-2/h5,7,11,13,17-18,20-21,23-24,26-27,29-30,32-33,35-36,38-39,41-42,58-59,62-63H,3-4,6,8-10,12,14-16,19,22,25,28,31,34,37,40,43-57H2,1-2H3,(H,61,64)/b7-5-,13-11-,18-17-,21-20-,24-23-,27-26-,30-29-,33-32-,36-35-,39-38-,42-41-. The first kappa shape index (κ1) is 60.5. The molecule has 0 spiro atoms. The van der Waals surface area contributed by atoms with E-state index in [1.807, 2.05) is 0 Å². The highest BCUT2D eigenvalue weighted by atomic mass is 16.3. The quantitative estimate of drug-likeness (QED) is 0.0421. The molecular weight excluding hydrogens is 783 g/mol. The molecule has 0 saturated carbocycles. The molecule has 2 atom stereocenters. The minimum absolute atomic E-state index is 0.0564. The lowest BCUT2D eigenvalue weighted by Gasteiger charge is -2.22. The Balaban J connectivity index is 3.67. The van der Waals surface area contributed by atoms with Gasteiger partial charge in [-0.15, -0.1) is 0 Å². The molecule has 4 heteroatoms. The maximum absolute atomic E-state index is 12.4. The molecule has 0 fully saturated rings. The monoisotopic (exact) mass is 882 g/mol. The lowest BCUT2D eigenvalue weighted by atomic mass is 10.0. The van der Waals surface area contributed by atoms with Gasteiger partial charge in [-0.1, -0.05) is 250 Å². The van der Waals surface area contributed by atoms with Crippen LogP contribution in [-0.4, -0.2) is 34.9 Å². The van der Waals surface area contributed by atoms with Gasteiger partial charge in [-0.25, -0.2) is 0 Å². The van der Waals surface area contributed by atoms with Crippen molar-refractivity contribution in [2.24, 2.45) is 0 Å². The van der Waals surface area contributed by atoms with Gasteiger partial charge in [0.25, 0.3) is 0 Å². The van der Waals surface area contributed by atoms with Crippen molar-refractivity contribution >= 4 is 5.91 Å². The molecule has 362 valence electrons. The second-order valence-corrected chi connectivity index (χ2v) is 17.2. The van der Waals surface area contributed by atoms with Crippen LogP contribution in [0, 0.1) is 0 Å². The van der Waals surface area contributed by atoms with Crippen LogP contribution in [0.4, 0.5) is 0 Å². The molecule has 0 aliphatic carbocycles. The maximum Gasteiger partial charge on any atom is 0.220 e. The van der Waals surface area contributed by atoms with E-state index in [0.717, 1.165) is 109 Å². The van der Waals surface area contributed by atoms with Gasteiger partial charge in [0.15, 0.2) is 0 Å². The highest BCUT2D eigenvalue weighted by molar-refractivity contribution is 5.76. The fraction of sp³-hybridized carbons (Fsp3) is 0.617. The molecule has 2 unspecified atom stereocenters. The normalized spacial score (nSPS) is 14.0. The lowest BCUT2D eigenvalue weighted by Crippen LogP contribution is -2.45. The van der Waals surface area contributed by atoms with Crippen molar-refractivity contribution in [1.82, 2.24) is 5.32 Å².